The summed E-state index contributed by atoms with van der Waals surface area (Å²) in [6, 6.07) is 11.3. The number of phenolic OH excluding ortho intramolecular Hbond substituents is 1. The van der Waals surface area contributed by atoms with Gasteiger partial charge in [0.1, 0.15) is 5.75 Å². The van der Waals surface area contributed by atoms with Crippen LogP contribution < -0.4 is 5.32 Å². The number of carbonyl (C=O) groups is 2. The monoisotopic (exact) mass is 313 g/mol. The van der Waals surface area contributed by atoms with Gasteiger partial charge in [-0.3, -0.25) is 14.6 Å². The van der Waals surface area contributed by atoms with E-state index in [0.717, 1.165) is 5.69 Å². The number of hydrogen-bond acceptors (Lipinski definition) is 4. The number of nitrogens with one attached hydrogen (secondary N) is 1. The highest BCUT2D eigenvalue weighted by molar-refractivity contribution is 5.96. The Kier molecular flexibility index (Phi) is 5.30. The van der Waals surface area contributed by atoms with Crippen molar-refractivity contribution in [2.24, 2.45) is 0 Å². The number of likely N-dealkylation sites (N-methyl/N-ethyl adjacent to an activating group) is 1. The number of carbonyl (C=O) groups excluding carboxylic acids is 2. The molecule has 0 fully saturated rings. The Morgan fingerprint density at radius 2 is 2.04 bits per heavy atom. The van der Waals surface area contributed by atoms with E-state index in [1.165, 1.54) is 17.0 Å². The highest BCUT2D eigenvalue weighted by Crippen LogP contribution is 2.15. The number of amides is 2. The van der Waals surface area contributed by atoms with Crippen LogP contribution in [0.4, 0.5) is 0 Å². The van der Waals surface area contributed by atoms with Crippen LogP contribution in [0, 0.1) is 0 Å². The van der Waals surface area contributed by atoms with E-state index in [9.17, 15) is 14.7 Å². The molecule has 2 N–H and O–H groups in total. The Bertz CT molecular complexity index is 688. The lowest BCUT2D eigenvalue weighted by atomic mass is 10.2. The molecule has 6 heteroatoms. The fourth-order valence-electron chi connectivity index (χ4n) is 2.07. The maximum absolute atomic E-state index is 12.2. The minimum absolute atomic E-state index is 0.00451. The SMILES string of the molecule is CC(c1ccccn1)N(C)C(=O)CNC(=O)c1cccc(O)c1. The molecule has 0 saturated heterocycles. The fraction of sp³-hybridized carbons (Fsp3) is 0.235. The van der Waals surface area contributed by atoms with E-state index in [0.29, 0.717) is 5.56 Å². The number of rotatable bonds is 5. The third kappa shape index (κ3) is 4.29. The van der Waals surface area contributed by atoms with Gasteiger partial charge in [-0.15, -0.1) is 0 Å². The summed E-state index contributed by atoms with van der Waals surface area (Å²) in [5.74, 6) is -0.630. The molecule has 23 heavy (non-hydrogen) atoms. The molecular weight excluding hydrogens is 294 g/mol. The number of benzene rings is 1. The first-order chi connectivity index (χ1) is 11.0. The van der Waals surface area contributed by atoms with Crippen molar-refractivity contribution in [3.63, 3.8) is 0 Å². The van der Waals surface area contributed by atoms with Crippen molar-refractivity contribution in [3.05, 3.63) is 59.9 Å². The van der Waals surface area contributed by atoms with Gasteiger partial charge in [0.25, 0.3) is 5.91 Å². The van der Waals surface area contributed by atoms with Crippen LogP contribution in [0.5, 0.6) is 5.75 Å². The van der Waals surface area contributed by atoms with Gasteiger partial charge in [-0.2, -0.15) is 0 Å². The number of aromatic nitrogens is 1. The second-order valence-corrected chi connectivity index (χ2v) is 5.17. The van der Waals surface area contributed by atoms with E-state index in [2.05, 4.69) is 10.3 Å². The smallest absolute Gasteiger partial charge is 0.251 e. The van der Waals surface area contributed by atoms with Crippen LogP contribution in [-0.2, 0) is 4.79 Å². The first-order valence-corrected chi connectivity index (χ1v) is 7.23. The molecular formula is C17H19N3O3. The minimum Gasteiger partial charge on any atom is -0.508 e. The fourth-order valence-corrected chi connectivity index (χ4v) is 2.07. The molecule has 0 saturated carbocycles. The van der Waals surface area contributed by atoms with Gasteiger partial charge < -0.3 is 15.3 Å². The highest BCUT2D eigenvalue weighted by Gasteiger charge is 2.19. The number of nitrogens with zero attached hydrogens (tertiary/aromatic N) is 2. The molecule has 2 aromatic rings. The number of phenols is 1. The summed E-state index contributed by atoms with van der Waals surface area (Å²) in [5.41, 5.74) is 1.08. The van der Waals surface area contributed by atoms with Gasteiger partial charge in [-0.1, -0.05) is 12.1 Å². The van der Waals surface area contributed by atoms with Gasteiger partial charge >= 0.3 is 0 Å². The van der Waals surface area contributed by atoms with E-state index in [1.807, 2.05) is 25.1 Å². The molecule has 6 nitrogen and oxygen atoms in total. The molecule has 0 spiro atoms. The summed E-state index contributed by atoms with van der Waals surface area (Å²) in [4.78, 5) is 29.9. The van der Waals surface area contributed by atoms with Crippen LogP contribution in [0.2, 0.25) is 0 Å². The van der Waals surface area contributed by atoms with E-state index >= 15 is 0 Å². The van der Waals surface area contributed by atoms with Crippen LogP contribution in [-0.4, -0.2) is 40.4 Å². The molecule has 0 aliphatic heterocycles. The minimum atomic E-state index is -0.409. The maximum atomic E-state index is 12.2. The maximum Gasteiger partial charge on any atom is 0.251 e. The van der Waals surface area contributed by atoms with Crippen LogP contribution in [0.1, 0.15) is 29.0 Å². The Morgan fingerprint density at radius 3 is 2.70 bits per heavy atom. The zero-order chi connectivity index (χ0) is 16.8. The highest BCUT2D eigenvalue weighted by atomic mass is 16.3. The molecule has 1 aromatic carbocycles. The first kappa shape index (κ1) is 16.5. The van der Waals surface area contributed by atoms with Crippen LogP contribution in [0.15, 0.2) is 48.7 Å². The number of hydrogen-bond donors (Lipinski definition) is 2. The second kappa shape index (κ2) is 7.40. The molecule has 0 radical (unpaired) electrons. The zero-order valence-electron chi connectivity index (χ0n) is 13.1. The largest absolute Gasteiger partial charge is 0.508 e. The van der Waals surface area contributed by atoms with Gasteiger partial charge in [-0.05, 0) is 37.3 Å². The quantitative estimate of drug-likeness (QED) is 0.881. The van der Waals surface area contributed by atoms with Crippen molar-refractivity contribution >= 4 is 11.8 Å². The lowest BCUT2D eigenvalue weighted by molar-refractivity contribution is -0.130. The molecule has 2 amide bonds. The lowest BCUT2D eigenvalue weighted by Crippen LogP contribution is -2.39. The average Bonchev–Trinajstić information content (AvgIpc) is 2.58. The number of pyridine rings is 1. The summed E-state index contributed by atoms with van der Waals surface area (Å²) in [7, 11) is 1.67. The summed E-state index contributed by atoms with van der Waals surface area (Å²) >= 11 is 0. The molecule has 0 aliphatic carbocycles. The second-order valence-electron chi connectivity index (χ2n) is 5.17. The average molecular weight is 313 g/mol. The van der Waals surface area contributed by atoms with Crippen molar-refractivity contribution in [2.45, 2.75) is 13.0 Å². The molecule has 1 unspecified atom stereocenters. The van der Waals surface area contributed by atoms with Crippen LogP contribution >= 0.6 is 0 Å². The van der Waals surface area contributed by atoms with Gasteiger partial charge in [0.15, 0.2) is 0 Å². The Balaban J connectivity index is 1.92. The van der Waals surface area contributed by atoms with Gasteiger partial charge in [0.2, 0.25) is 5.91 Å². The standard InChI is InChI=1S/C17H19N3O3/c1-12(15-8-3-4-9-18-15)20(2)16(22)11-19-17(23)13-6-5-7-14(21)10-13/h3-10,12,21H,11H2,1-2H3,(H,19,23). The predicted octanol–water partition coefficient (Wildman–Crippen LogP) is 1.74. The third-order valence-corrected chi connectivity index (χ3v) is 3.60. The van der Waals surface area contributed by atoms with Crippen molar-refractivity contribution in [1.82, 2.24) is 15.2 Å². The molecule has 0 bridgehead atoms. The zero-order valence-corrected chi connectivity index (χ0v) is 13.1. The van der Waals surface area contributed by atoms with E-state index < -0.39 is 5.91 Å². The third-order valence-electron chi connectivity index (χ3n) is 3.60. The molecule has 120 valence electrons. The molecule has 2 rings (SSSR count). The Hall–Kier alpha value is -2.89. The van der Waals surface area contributed by atoms with E-state index in [4.69, 9.17) is 0 Å². The van der Waals surface area contributed by atoms with Crippen molar-refractivity contribution in [1.29, 1.82) is 0 Å². The summed E-state index contributed by atoms with van der Waals surface area (Å²) in [6.45, 7) is 1.75. The first-order valence-electron chi connectivity index (χ1n) is 7.23. The van der Waals surface area contributed by atoms with Crippen molar-refractivity contribution in [2.75, 3.05) is 13.6 Å². The summed E-state index contributed by atoms with van der Waals surface area (Å²) in [6.07, 6.45) is 1.67. The van der Waals surface area contributed by atoms with E-state index in [1.54, 1.807) is 25.4 Å². The van der Waals surface area contributed by atoms with Crippen LogP contribution in [0.3, 0.4) is 0 Å². The molecule has 1 aromatic heterocycles. The Morgan fingerprint density at radius 1 is 1.26 bits per heavy atom. The van der Waals surface area contributed by atoms with Crippen LogP contribution in [0.25, 0.3) is 0 Å². The van der Waals surface area contributed by atoms with Gasteiger partial charge in [-0.25, -0.2) is 0 Å². The summed E-state index contributed by atoms with van der Waals surface area (Å²) in [5, 5.41) is 11.9. The topological polar surface area (TPSA) is 82.5 Å². The van der Waals surface area contributed by atoms with Gasteiger partial charge in [0, 0.05) is 18.8 Å². The van der Waals surface area contributed by atoms with Gasteiger partial charge in [0.05, 0.1) is 18.3 Å². The predicted molar refractivity (Wildman–Crippen MR) is 85.9 cm³/mol. The normalized spacial score (nSPS) is 11.6. The lowest BCUT2D eigenvalue weighted by Gasteiger charge is -2.24. The molecule has 1 atom stereocenters. The number of aromatic hydroxyl groups is 1. The van der Waals surface area contributed by atoms with Crippen molar-refractivity contribution < 1.29 is 14.7 Å². The van der Waals surface area contributed by atoms with E-state index in [-0.39, 0.29) is 24.2 Å². The Labute approximate surface area is 134 Å². The molecule has 0 aliphatic rings. The van der Waals surface area contributed by atoms with Crippen molar-refractivity contribution in [3.8, 4) is 5.75 Å². The molecule has 1 heterocycles. The summed E-state index contributed by atoms with van der Waals surface area (Å²) < 4.78 is 0.